The first kappa shape index (κ1) is 25.2. The van der Waals surface area contributed by atoms with Gasteiger partial charge in [-0.05, 0) is 61.7 Å². The van der Waals surface area contributed by atoms with E-state index in [9.17, 15) is 14.7 Å². The fourth-order valence-corrected chi connectivity index (χ4v) is 4.99. The second-order valence-corrected chi connectivity index (χ2v) is 9.76. The van der Waals surface area contributed by atoms with E-state index in [-0.39, 0.29) is 24.2 Å². The average molecular weight is 498 g/mol. The van der Waals surface area contributed by atoms with Crippen LogP contribution in [0.25, 0.3) is 11.0 Å². The van der Waals surface area contributed by atoms with Crippen LogP contribution in [0.4, 0.5) is 11.6 Å². The molecular weight excluding hydrogens is 466 g/mol. The lowest BCUT2D eigenvalue weighted by Crippen LogP contribution is -2.33. The first-order valence-electron chi connectivity index (χ1n) is 12.0. The fourth-order valence-electron chi connectivity index (χ4n) is 4.70. The summed E-state index contributed by atoms with van der Waals surface area (Å²) in [5, 5.41) is 13.0. The van der Waals surface area contributed by atoms with Crippen LogP contribution < -0.4 is 16.0 Å². The van der Waals surface area contributed by atoms with Crippen molar-refractivity contribution < 1.29 is 14.7 Å². The van der Waals surface area contributed by atoms with Gasteiger partial charge in [-0.1, -0.05) is 30.9 Å². The zero-order chi connectivity index (χ0) is 25.1. The van der Waals surface area contributed by atoms with E-state index < -0.39 is 6.23 Å². The number of hydrogen-bond donors (Lipinski definition) is 3. The van der Waals surface area contributed by atoms with Crippen molar-refractivity contribution in [1.29, 1.82) is 0 Å². The molecule has 8 nitrogen and oxygen atoms in total. The molecule has 0 radical (unpaired) electrons. The molecule has 1 aliphatic rings. The molecule has 1 heterocycles. The number of benzene rings is 2. The second-order valence-electron chi connectivity index (χ2n) is 9.32. The van der Waals surface area contributed by atoms with E-state index in [4.69, 9.17) is 17.3 Å². The number of carbonyl (C=O) groups excluding carboxylic acids is 2. The minimum Gasteiger partial charge on any atom is -0.379 e. The number of amides is 2. The maximum Gasteiger partial charge on any atom is 0.258 e. The number of aromatic nitrogens is 2. The molecular formula is C26H32ClN5O3. The quantitative estimate of drug-likeness (QED) is 0.417. The van der Waals surface area contributed by atoms with E-state index in [1.807, 2.05) is 29.7 Å². The highest BCUT2D eigenvalue weighted by Gasteiger charge is 2.25. The second kappa shape index (κ2) is 10.8. The summed E-state index contributed by atoms with van der Waals surface area (Å²) in [4.78, 5) is 32.4. The molecule has 4 rings (SSSR count). The minimum atomic E-state index is -0.995. The number of aryl methyl sites for hydroxylation is 2. The molecule has 1 fully saturated rings. The Morgan fingerprint density at radius 1 is 1.23 bits per heavy atom. The molecule has 3 aromatic rings. The van der Waals surface area contributed by atoms with Crippen LogP contribution in [0.1, 0.15) is 54.4 Å². The standard InChI is InChI=1S/C26H32ClN5O3/c1-16-12-18(14-19(27)13-16)24(34)30-26-29-21-15-20(8-9-22(21)32(26)11-10-23(28)33)31(2)25(35)17-6-4-3-5-7-17/h8-9,12-15,17,23,33H,3-7,10-11,28H2,1-2H3,(H,29,30,34). The van der Waals surface area contributed by atoms with E-state index in [1.54, 1.807) is 30.1 Å². The van der Waals surface area contributed by atoms with Gasteiger partial charge in [0.2, 0.25) is 11.9 Å². The third kappa shape index (κ3) is 5.83. The van der Waals surface area contributed by atoms with Gasteiger partial charge in [-0.25, -0.2) is 4.98 Å². The lowest BCUT2D eigenvalue weighted by molar-refractivity contribution is -0.123. The first-order valence-corrected chi connectivity index (χ1v) is 12.4. The SMILES string of the molecule is Cc1cc(Cl)cc(C(=O)Nc2nc3cc(N(C)C(=O)C4CCCCC4)ccc3n2CCC(N)O)c1. The zero-order valence-corrected chi connectivity index (χ0v) is 20.9. The molecule has 0 bridgehead atoms. The number of nitrogens with two attached hydrogens (primary N) is 1. The van der Waals surface area contributed by atoms with Crippen molar-refractivity contribution in [2.24, 2.45) is 11.7 Å². The van der Waals surface area contributed by atoms with Crippen molar-refractivity contribution in [1.82, 2.24) is 9.55 Å². The molecule has 1 aromatic heterocycles. The average Bonchev–Trinajstić information content (AvgIpc) is 3.17. The van der Waals surface area contributed by atoms with Crippen molar-refractivity contribution >= 4 is 46.1 Å². The summed E-state index contributed by atoms with van der Waals surface area (Å²) in [6, 6.07) is 10.7. The Bertz CT molecular complexity index is 1210. The van der Waals surface area contributed by atoms with Gasteiger partial charge >= 0.3 is 0 Å². The third-order valence-corrected chi connectivity index (χ3v) is 6.80. The summed E-state index contributed by atoms with van der Waals surface area (Å²) in [6.45, 7) is 2.22. The Hall–Kier alpha value is -2.94. The van der Waals surface area contributed by atoms with Crippen LogP contribution >= 0.6 is 11.6 Å². The van der Waals surface area contributed by atoms with Crippen LogP contribution in [-0.4, -0.2) is 39.7 Å². The fraction of sp³-hybridized carbons (Fsp3) is 0.423. The number of aliphatic hydroxyl groups is 1. The van der Waals surface area contributed by atoms with Gasteiger partial charge in [0.1, 0.15) is 6.23 Å². The Labute approximate surface area is 210 Å². The van der Waals surface area contributed by atoms with Gasteiger partial charge in [0.05, 0.1) is 11.0 Å². The van der Waals surface area contributed by atoms with Gasteiger partial charge in [-0.2, -0.15) is 0 Å². The van der Waals surface area contributed by atoms with Crippen LogP contribution in [0, 0.1) is 12.8 Å². The van der Waals surface area contributed by atoms with Crippen LogP contribution in [0.2, 0.25) is 5.02 Å². The predicted molar refractivity (Wildman–Crippen MR) is 139 cm³/mol. The molecule has 0 saturated heterocycles. The molecule has 35 heavy (non-hydrogen) atoms. The van der Waals surface area contributed by atoms with E-state index in [0.29, 0.717) is 28.6 Å². The molecule has 2 amide bonds. The van der Waals surface area contributed by atoms with Crippen LogP contribution in [0.3, 0.4) is 0 Å². The van der Waals surface area contributed by atoms with Gasteiger partial charge in [0, 0.05) is 42.2 Å². The maximum absolute atomic E-state index is 13.0. The molecule has 1 aliphatic carbocycles. The number of rotatable bonds is 7. The Kier molecular flexibility index (Phi) is 7.74. The number of carbonyl (C=O) groups is 2. The van der Waals surface area contributed by atoms with Gasteiger partial charge in [-0.3, -0.25) is 14.9 Å². The number of imidazole rings is 1. The Morgan fingerprint density at radius 3 is 2.66 bits per heavy atom. The monoisotopic (exact) mass is 497 g/mol. The molecule has 0 aliphatic heterocycles. The number of aliphatic hydroxyl groups excluding tert-OH is 1. The number of nitrogens with zero attached hydrogens (tertiary/aromatic N) is 3. The summed E-state index contributed by atoms with van der Waals surface area (Å²) in [5.41, 5.74) is 9.02. The van der Waals surface area contributed by atoms with Crippen molar-refractivity contribution in [2.75, 3.05) is 17.3 Å². The van der Waals surface area contributed by atoms with Crippen molar-refractivity contribution in [3.05, 3.63) is 52.5 Å². The van der Waals surface area contributed by atoms with Gasteiger partial charge < -0.3 is 20.3 Å². The van der Waals surface area contributed by atoms with Crippen molar-refractivity contribution in [3.63, 3.8) is 0 Å². The minimum absolute atomic E-state index is 0.0593. The van der Waals surface area contributed by atoms with E-state index in [1.165, 1.54) is 6.42 Å². The maximum atomic E-state index is 13.0. The normalized spacial score (nSPS) is 15.2. The summed E-state index contributed by atoms with van der Waals surface area (Å²) in [6.07, 6.45) is 4.53. The predicted octanol–water partition coefficient (Wildman–Crippen LogP) is 4.46. The van der Waals surface area contributed by atoms with Crippen LogP contribution in [0.5, 0.6) is 0 Å². The summed E-state index contributed by atoms with van der Waals surface area (Å²) in [5.74, 6) is 0.176. The number of hydrogen-bond acceptors (Lipinski definition) is 5. The van der Waals surface area contributed by atoms with Gasteiger partial charge in [0.15, 0.2) is 0 Å². The summed E-state index contributed by atoms with van der Waals surface area (Å²) >= 11 is 6.13. The molecule has 2 aromatic carbocycles. The molecule has 1 saturated carbocycles. The highest BCUT2D eigenvalue weighted by molar-refractivity contribution is 6.31. The number of nitrogens with one attached hydrogen (secondary N) is 1. The first-order chi connectivity index (χ1) is 16.7. The molecule has 4 N–H and O–H groups in total. The smallest absolute Gasteiger partial charge is 0.258 e. The zero-order valence-electron chi connectivity index (χ0n) is 20.1. The molecule has 9 heteroatoms. The number of halogens is 1. The molecule has 0 spiro atoms. The van der Waals surface area contributed by atoms with Gasteiger partial charge in [-0.15, -0.1) is 0 Å². The summed E-state index contributed by atoms with van der Waals surface area (Å²) in [7, 11) is 1.80. The molecule has 1 unspecified atom stereocenters. The Morgan fingerprint density at radius 2 is 1.97 bits per heavy atom. The van der Waals surface area contributed by atoms with E-state index in [0.717, 1.165) is 42.5 Å². The number of fused-ring (bicyclic) bond motifs is 1. The van der Waals surface area contributed by atoms with Crippen molar-refractivity contribution in [3.8, 4) is 0 Å². The Balaban J connectivity index is 1.64. The van der Waals surface area contributed by atoms with E-state index >= 15 is 0 Å². The summed E-state index contributed by atoms with van der Waals surface area (Å²) < 4.78 is 1.81. The largest absolute Gasteiger partial charge is 0.379 e. The lowest BCUT2D eigenvalue weighted by atomic mass is 9.88. The third-order valence-electron chi connectivity index (χ3n) is 6.58. The van der Waals surface area contributed by atoms with Gasteiger partial charge in [0.25, 0.3) is 5.91 Å². The van der Waals surface area contributed by atoms with Crippen LogP contribution in [0.15, 0.2) is 36.4 Å². The number of anilines is 2. The lowest BCUT2D eigenvalue weighted by Gasteiger charge is -2.26. The van der Waals surface area contributed by atoms with Crippen LogP contribution in [-0.2, 0) is 11.3 Å². The molecule has 186 valence electrons. The van der Waals surface area contributed by atoms with Crippen molar-refractivity contribution in [2.45, 2.75) is 58.2 Å². The highest BCUT2D eigenvalue weighted by Crippen LogP contribution is 2.30. The highest BCUT2D eigenvalue weighted by atomic mass is 35.5. The topological polar surface area (TPSA) is 113 Å². The molecule has 1 atom stereocenters. The van der Waals surface area contributed by atoms with E-state index in [2.05, 4.69) is 10.3 Å².